The number of carboxylic acids is 1. The van der Waals surface area contributed by atoms with E-state index in [1.54, 1.807) is 24.3 Å². The van der Waals surface area contributed by atoms with Crippen LogP contribution in [0.1, 0.15) is 51.9 Å². The summed E-state index contributed by atoms with van der Waals surface area (Å²) in [6, 6.07) is 0. The van der Waals surface area contributed by atoms with Crippen molar-refractivity contribution >= 4 is 5.97 Å². The normalized spacial score (nSPS) is 25.5. The topological polar surface area (TPSA) is 107 Å². The molecule has 0 saturated carbocycles. The fourth-order valence-electron chi connectivity index (χ4n) is 2.84. The van der Waals surface area contributed by atoms with Crippen LogP contribution in [0.5, 0.6) is 0 Å². The second kappa shape index (κ2) is 14.3. The Morgan fingerprint density at radius 3 is 2.54 bits per heavy atom. The third-order valence-electron chi connectivity index (χ3n) is 4.42. The lowest BCUT2D eigenvalue weighted by Crippen LogP contribution is -2.25. The maximum absolute atomic E-state index is 10.4. The average Bonchev–Trinajstić information content (AvgIpc) is 3.03. The number of aliphatic hydroxyl groups is 3. The van der Waals surface area contributed by atoms with E-state index in [1.807, 2.05) is 12.2 Å². The molecule has 0 amide bonds. The Labute approximate surface area is 167 Å². The van der Waals surface area contributed by atoms with Crippen molar-refractivity contribution in [2.45, 2.75) is 82.4 Å². The van der Waals surface area contributed by atoms with Gasteiger partial charge in [-0.2, -0.15) is 0 Å². The summed E-state index contributed by atoms with van der Waals surface area (Å²) in [7, 11) is 0. The zero-order valence-corrected chi connectivity index (χ0v) is 16.6. The Bertz CT molecular complexity index is 551. The standard InChI is InChI=1S/C22H34O6/c1-2-3-4-5-6-9-12-18(24)21-16-19(25)20(28-21)15-14-17(23)11-8-7-10-13-22(26)27/h3-4,6-9,14-15,17-21,23-25H,2,5,10-13,16H2,1H3,(H,26,27)/b4-3-,8-7-,9-6-,15-14+/t17-,18+,19-,20-,21-/m1/s1. The lowest BCUT2D eigenvalue weighted by Gasteiger charge is -2.16. The van der Waals surface area contributed by atoms with Gasteiger partial charge in [-0.25, -0.2) is 0 Å². The molecular weight excluding hydrogens is 360 g/mol. The molecule has 0 unspecified atom stereocenters. The highest BCUT2D eigenvalue weighted by Gasteiger charge is 2.35. The van der Waals surface area contributed by atoms with Crippen LogP contribution in [0.2, 0.25) is 0 Å². The summed E-state index contributed by atoms with van der Waals surface area (Å²) < 4.78 is 5.72. The summed E-state index contributed by atoms with van der Waals surface area (Å²) in [6.45, 7) is 2.08. The van der Waals surface area contributed by atoms with Crippen LogP contribution in [0.25, 0.3) is 0 Å². The number of rotatable bonds is 13. The largest absolute Gasteiger partial charge is 0.481 e. The second-order valence-corrected chi connectivity index (χ2v) is 6.92. The molecule has 6 nitrogen and oxygen atoms in total. The molecule has 0 aliphatic carbocycles. The fraction of sp³-hybridized carbons (Fsp3) is 0.591. The first-order valence-corrected chi connectivity index (χ1v) is 9.98. The summed E-state index contributed by atoms with van der Waals surface area (Å²) in [5.74, 6) is -0.849. The van der Waals surface area contributed by atoms with Gasteiger partial charge in [0.25, 0.3) is 0 Å². The molecule has 0 radical (unpaired) electrons. The van der Waals surface area contributed by atoms with Crippen molar-refractivity contribution in [2.75, 3.05) is 0 Å². The molecule has 5 atom stereocenters. The van der Waals surface area contributed by atoms with Gasteiger partial charge in [0.15, 0.2) is 0 Å². The van der Waals surface area contributed by atoms with Crippen molar-refractivity contribution in [3.63, 3.8) is 0 Å². The molecule has 0 aromatic heterocycles. The minimum Gasteiger partial charge on any atom is -0.481 e. The highest BCUT2D eigenvalue weighted by molar-refractivity contribution is 5.66. The van der Waals surface area contributed by atoms with Crippen LogP contribution in [0.4, 0.5) is 0 Å². The van der Waals surface area contributed by atoms with Gasteiger partial charge in [-0.3, -0.25) is 4.79 Å². The van der Waals surface area contributed by atoms with E-state index >= 15 is 0 Å². The van der Waals surface area contributed by atoms with E-state index in [9.17, 15) is 20.1 Å². The Balaban J connectivity index is 2.34. The predicted octanol–water partition coefficient (Wildman–Crippen LogP) is 2.90. The maximum atomic E-state index is 10.4. The molecule has 1 heterocycles. The van der Waals surface area contributed by atoms with Crippen LogP contribution in [-0.4, -0.2) is 56.9 Å². The molecule has 1 rings (SSSR count). The van der Waals surface area contributed by atoms with E-state index in [1.165, 1.54) is 0 Å². The van der Waals surface area contributed by atoms with Gasteiger partial charge in [0.1, 0.15) is 6.10 Å². The monoisotopic (exact) mass is 394 g/mol. The molecule has 4 N–H and O–H groups in total. The number of carboxylic acid groups (broad SMARTS) is 1. The van der Waals surface area contributed by atoms with E-state index in [2.05, 4.69) is 19.1 Å². The van der Waals surface area contributed by atoms with E-state index in [0.29, 0.717) is 25.7 Å². The Hall–Kier alpha value is -1.73. The van der Waals surface area contributed by atoms with Crippen LogP contribution in [0.3, 0.4) is 0 Å². The Morgan fingerprint density at radius 1 is 1.11 bits per heavy atom. The van der Waals surface area contributed by atoms with Crippen LogP contribution in [-0.2, 0) is 9.53 Å². The first-order chi connectivity index (χ1) is 13.4. The molecule has 28 heavy (non-hydrogen) atoms. The van der Waals surface area contributed by atoms with Crippen molar-refractivity contribution in [2.24, 2.45) is 0 Å². The molecule has 1 fully saturated rings. The van der Waals surface area contributed by atoms with Gasteiger partial charge < -0.3 is 25.2 Å². The lowest BCUT2D eigenvalue weighted by atomic mass is 10.0. The number of ether oxygens (including phenoxy) is 1. The van der Waals surface area contributed by atoms with Gasteiger partial charge >= 0.3 is 5.97 Å². The highest BCUT2D eigenvalue weighted by Crippen LogP contribution is 2.25. The average molecular weight is 395 g/mol. The number of carbonyl (C=O) groups is 1. The van der Waals surface area contributed by atoms with E-state index in [4.69, 9.17) is 9.84 Å². The van der Waals surface area contributed by atoms with E-state index in [-0.39, 0.29) is 6.42 Å². The molecule has 0 aromatic rings. The van der Waals surface area contributed by atoms with Gasteiger partial charge in [-0.15, -0.1) is 0 Å². The number of allylic oxidation sites excluding steroid dienone is 4. The molecular formula is C22H34O6. The Morgan fingerprint density at radius 2 is 1.82 bits per heavy atom. The Kier molecular flexibility index (Phi) is 12.4. The molecule has 1 saturated heterocycles. The van der Waals surface area contributed by atoms with Gasteiger partial charge in [0, 0.05) is 12.8 Å². The van der Waals surface area contributed by atoms with Crippen LogP contribution in [0, 0.1) is 0 Å². The summed E-state index contributed by atoms with van der Waals surface area (Å²) >= 11 is 0. The summed E-state index contributed by atoms with van der Waals surface area (Å²) in [5, 5.41) is 38.8. The van der Waals surface area contributed by atoms with Gasteiger partial charge in [-0.05, 0) is 32.1 Å². The molecule has 0 spiro atoms. The van der Waals surface area contributed by atoms with Gasteiger partial charge in [0.2, 0.25) is 0 Å². The number of hydrogen-bond donors (Lipinski definition) is 4. The molecule has 158 valence electrons. The molecule has 0 bridgehead atoms. The van der Waals surface area contributed by atoms with Gasteiger partial charge in [0.05, 0.1) is 24.4 Å². The number of aliphatic carboxylic acids is 1. The van der Waals surface area contributed by atoms with Crippen molar-refractivity contribution in [1.29, 1.82) is 0 Å². The second-order valence-electron chi connectivity index (χ2n) is 6.92. The van der Waals surface area contributed by atoms with Crippen molar-refractivity contribution in [1.82, 2.24) is 0 Å². The van der Waals surface area contributed by atoms with Gasteiger partial charge in [-0.1, -0.05) is 55.5 Å². The summed E-state index contributed by atoms with van der Waals surface area (Å²) in [4.78, 5) is 10.4. The summed E-state index contributed by atoms with van der Waals surface area (Å²) in [5.41, 5.74) is 0. The minimum absolute atomic E-state index is 0.0683. The smallest absolute Gasteiger partial charge is 0.303 e. The van der Waals surface area contributed by atoms with Crippen molar-refractivity contribution in [3.05, 3.63) is 48.6 Å². The predicted molar refractivity (Wildman–Crippen MR) is 109 cm³/mol. The maximum Gasteiger partial charge on any atom is 0.303 e. The molecule has 6 heteroatoms. The van der Waals surface area contributed by atoms with Crippen molar-refractivity contribution in [3.8, 4) is 0 Å². The third-order valence-corrected chi connectivity index (χ3v) is 4.42. The molecule has 1 aliphatic heterocycles. The van der Waals surface area contributed by atoms with Crippen molar-refractivity contribution < 1.29 is 30.0 Å². The SMILES string of the molecule is CC/C=C\C/C=C\C[C@H](O)[C@H]1C[C@@H](O)[C@@H](/C=C/[C@H](O)C/C=C\CCC(=O)O)O1. The van der Waals surface area contributed by atoms with Crippen LogP contribution in [0.15, 0.2) is 48.6 Å². The summed E-state index contributed by atoms with van der Waals surface area (Å²) in [6.07, 6.45) is 15.1. The zero-order chi connectivity index (χ0) is 20.8. The number of aliphatic hydroxyl groups excluding tert-OH is 3. The van der Waals surface area contributed by atoms with E-state index in [0.717, 1.165) is 12.8 Å². The molecule has 0 aromatic carbocycles. The fourth-order valence-corrected chi connectivity index (χ4v) is 2.84. The number of hydrogen-bond acceptors (Lipinski definition) is 5. The zero-order valence-electron chi connectivity index (χ0n) is 16.6. The third kappa shape index (κ3) is 10.6. The highest BCUT2D eigenvalue weighted by atomic mass is 16.5. The van der Waals surface area contributed by atoms with Crippen LogP contribution < -0.4 is 0 Å². The minimum atomic E-state index is -0.849. The first kappa shape index (κ1) is 24.3. The lowest BCUT2D eigenvalue weighted by molar-refractivity contribution is -0.136. The first-order valence-electron chi connectivity index (χ1n) is 9.98. The molecule has 1 aliphatic rings. The van der Waals surface area contributed by atoms with Crippen LogP contribution >= 0.6 is 0 Å². The quantitative estimate of drug-likeness (QED) is 0.358. The van der Waals surface area contributed by atoms with E-state index < -0.39 is 36.5 Å².